The van der Waals surface area contributed by atoms with E-state index in [4.69, 9.17) is 16.3 Å². The molecular formula is C16H14ClFO2. The van der Waals surface area contributed by atoms with E-state index >= 15 is 0 Å². The Morgan fingerprint density at radius 2 is 1.90 bits per heavy atom. The first-order valence-electron chi connectivity index (χ1n) is 6.30. The van der Waals surface area contributed by atoms with Gasteiger partial charge in [-0.1, -0.05) is 48.9 Å². The molecule has 0 fully saturated rings. The van der Waals surface area contributed by atoms with E-state index < -0.39 is 5.82 Å². The Balaban J connectivity index is 2.02. The number of ether oxygens (including phenoxy) is 1. The summed E-state index contributed by atoms with van der Waals surface area (Å²) in [5, 5.41) is -0.0257. The molecule has 0 spiro atoms. The van der Waals surface area contributed by atoms with Crippen LogP contribution in [0.1, 0.15) is 22.8 Å². The highest BCUT2D eigenvalue weighted by molar-refractivity contribution is 6.30. The van der Waals surface area contributed by atoms with Crippen LogP contribution in [0.3, 0.4) is 0 Å². The molecule has 0 bridgehead atoms. The van der Waals surface area contributed by atoms with Gasteiger partial charge in [-0.05, 0) is 24.1 Å². The number of aryl methyl sites for hydroxylation is 1. The third-order valence-corrected chi connectivity index (χ3v) is 3.25. The predicted octanol–water partition coefficient (Wildman–Crippen LogP) is 4.30. The maximum absolute atomic E-state index is 13.6. The number of Topliss-reactive ketones (excluding diaryl/α,β-unsaturated/α-hetero) is 1. The van der Waals surface area contributed by atoms with Crippen molar-refractivity contribution in [1.82, 2.24) is 0 Å². The first-order valence-corrected chi connectivity index (χ1v) is 6.68. The lowest BCUT2D eigenvalue weighted by atomic mass is 10.1. The molecule has 0 aliphatic rings. The van der Waals surface area contributed by atoms with E-state index in [2.05, 4.69) is 0 Å². The van der Waals surface area contributed by atoms with Crippen LogP contribution in [0.15, 0.2) is 42.5 Å². The highest BCUT2D eigenvalue weighted by Crippen LogP contribution is 2.24. The van der Waals surface area contributed by atoms with Gasteiger partial charge in [-0.25, -0.2) is 4.39 Å². The zero-order valence-electron chi connectivity index (χ0n) is 11.0. The molecule has 0 atom stereocenters. The van der Waals surface area contributed by atoms with Crippen molar-refractivity contribution < 1.29 is 13.9 Å². The number of hydrogen-bond acceptors (Lipinski definition) is 2. The summed E-state index contributed by atoms with van der Waals surface area (Å²) in [5.74, 6) is -0.869. The Kier molecular flexibility index (Phi) is 4.74. The van der Waals surface area contributed by atoms with Crippen LogP contribution in [0, 0.1) is 5.82 Å². The summed E-state index contributed by atoms with van der Waals surface area (Å²) in [6.07, 6.45) is 0.915. The quantitative estimate of drug-likeness (QED) is 0.768. The highest BCUT2D eigenvalue weighted by atomic mass is 35.5. The van der Waals surface area contributed by atoms with Crippen molar-refractivity contribution in [3.63, 3.8) is 0 Å². The van der Waals surface area contributed by atoms with E-state index in [1.165, 1.54) is 12.1 Å². The van der Waals surface area contributed by atoms with E-state index in [9.17, 15) is 9.18 Å². The number of carbonyl (C=O) groups is 1. The Labute approximate surface area is 122 Å². The molecule has 0 amide bonds. The molecule has 0 aromatic heterocycles. The average molecular weight is 293 g/mol. The van der Waals surface area contributed by atoms with E-state index in [0.717, 1.165) is 12.0 Å². The van der Waals surface area contributed by atoms with Crippen molar-refractivity contribution in [2.45, 2.75) is 13.3 Å². The minimum absolute atomic E-state index is 0.0176. The molecule has 0 unspecified atom stereocenters. The molecule has 0 aliphatic heterocycles. The molecule has 0 aliphatic carbocycles. The van der Waals surface area contributed by atoms with Gasteiger partial charge in [0.25, 0.3) is 0 Å². The fraction of sp³-hybridized carbons (Fsp3) is 0.188. The van der Waals surface area contributed by atoms with Crippen molar-refractivity contribution in [3.8, 4) is 5.75 Å². The van der Waals surface area contributed by atoms with Gasteiger partial charge in [-0.2, -0.15) is 0 Å². The van der Waals surface area contributed by atoms with Crippen LogP contribution in [-0.4, -0.2) is 12.4 Å². The second-order valence-corrected chi connectivity index (χ2v) is 4.72. The number of carbonyl (C=O) groups excluding carboxylic acids is 1. The molecule has 0 N–H and O–H groups in total. The van der Waals surface area contributed by atoms with Crippen molar-refractivity contribution in [2.75, 3.05) is 6.61 Å². The SMILES string of the molecule is CCc1ccc(C(=O)COc2cccc(Cl)c2F)cc1. The average Bonchev–Trinajstić information content (AvgIpc) is 2.48. The fourth-order valence-corrected chi connectivity index (χ4v) is 1.91. The van der Waals surface area contributed by atoms with Crippen LogP contribution in [0.4, 0.5) is 4.39 Å². The largest absolute Gasteiger partial charge is 0.482 e. The molecule has 2 nitrogen and oxygen atoms in total. The van der Waals surface area contributed by atoms with Gasteiger partial charge in [-0.3, -0.25) is 4.79 Å². The number of hydrogen-bond donors (Lipinski definition) is 0. The maximum Gasteiger partial charge on any atom is 0.200 e. The van der Waals surface area contributed by atoms with E-state index in [-0.39, 0.29) is 23.2 Å². The van der Waals surface area contributed by atoms with Crippen LogP contribution < -0.4 is 4.74 Å². The van der Waals surface area contributed by atoms with Gasteiger partial charge in [0.05, 0.1) is 5.02 Å². The summed E-state index contributed by atoms with van der Waals surface area (Å²) < 4.78 is 18.8. The van der Waals surface area contributed by atoms with Gasteiger partial charge < -0.3 is 4.74 Å². The smallest absolute Gasteiger partial charge is 0.200 e. The number of halogens is 2. The minimum Gasteiger partial charge on any atom is -0.482 e. The van der Waals surface area contributed by atoms with Gasteiger partial charge in [-0.15, -0.1) is 0 Å². The summed E-state index contributed by atoms with van der Waals surface area (Å²) >= 11 is 5.64. The van der Waals surface area contributed by atoms with Crippen LogP contribution in [-0.2, 0) is 6.42 Å². The molecule has 0 radical (unpaired) electrons. The van der Waals surface area contributed by atoms with Gasteiger partial charge in [0.1, 0.15) is 0 Å². The fourth-order valence-electron chi connectivity index (χ4n) is 1.75. The molecule has 2 aromatic rings. The second-order valence-electron chi connectivity index (χ2n) is 4.31. The monoisotopic (exact) mass is 292 g/mol. The predicted molar refractivity (Wildman–Crippen MR) is 77.1 cm³/mol. The molecule has 0 heterocycles. The molecule has 4 heteroatoms. The lowest BCUT2D eigenvalue weighted by Gasteiger charge is -2.07. The van der Waals surface area contributed by atoms with Crippen LogP contribution in [0.25, 0.3) is 0 Å². The van der Waals surface area contributed by atoms with Gasteiger partial charge in [0.15, 0.2) is 24.0 Å². The molecular weight excluding hydrogens is 279 g/mol. The maximum atomic E-state index is 13.6. The van der Waals surface area contributed by atoms with Crippen LogP contribution in [0.2, 0.25) is 5.02 Å². The van der Waals surface area contributed by atoms with Crippen LogP contribution >= 0.6 is 11.6 Å². The summed E-state index contributed by atoms with van der Waals surface area (Å²) in [5.41, 5.74) is 1.70. The standard InChI is InChI=1S/C16H14ClFO2/c1-2-11-6-8-12(9-7-11)14(19)10-20-15-5-3-4-13(17)16(15)18/h3-9H,2,10H2,1H3. The van der Waals surface area contributed by atoms with E-state index in [1.54, 1.807) is 18.2 Å². The summed E-state index contributed by atoms with van der Waals surface area (Å²) in [7, 11) is 0. The van der Waals surface area contributed by atoms with Gasteiger partial charge in [0.2, 0.25) is 0 Å². The molecule has 0 saturated heterocycles. The normalized spacial score (nSPS) is 10.3. The number of rotatable bonds is 5. The first kappa shape index (κ1) is 14.5. The third kappa shape index (κ3) is 3.36. The lowest BCUT2D eigenvalue weighted by Crippen LogP contribution is -2.12. The van der Waals surface area contributed by atoms with Gasteiger partial charge >= 0.3 is 0 Å². The molecule has 2 rings (SSSR count). The number of ketones is 1. The summed E-state index contributed by atoms with van der Waals surface area (Å²) in [6, 6.07) is 11.7. The van der Waals surface area contributed by atoms with E-state index in [1.807, 2.05) is 19.1 Å². The van der Waals surface area contributed by atoms with Crippen LogP contribution in [0.5, 0.6) is 5.75 Å². The number of benzene rings is 2. The molecule has 0 saturated carbocycles. The molecule has 2 aromatic carbocycles. The van der Waals surface area contributed by atoms with Gasteiger partial charge in [0, 0.05) is 5.56 Å². The Morgan fingerprint density at radius 3 is 2.55 bits per heavy atom. The van der Waals surface area contributed by atoms with Crippen molar-refractivity contribution in [1.29, 1.82) is 0 Å². The third-order valence-electron chi connectivity index (χ3n) is 2.96. The lowest BCUT2D eigenvalue weighted by molar-refractivity contribution is 0.0919. The zero-order chi connectivity index (χ0) is 14.5. The summed E-state index contributed by atoms with van der Waals surface area (Å²) in [6.45, 7) is 1.82. The Morgan fingerprint density at radius 1 is 1.20 bits per heavy atom. The van der Waals surface area contributed by atoms with Crippen molar-refractivity contribution in [2.24, 2.45) is 0 Å². The highest BCUT2D eigenvalue weighted by Gasteiger charge is 2.11. The Bertz CT molecular complexity index is 608. The molecule has 104 valence electrons. The second kappa shape index (κ2) is 6.53. The van der Waals surface area contributed by atoms with Crippen molar-refractivity contribution >= 4 is 17.4 Å². The topological polar surface area (TPSA) is 26.3 Å². The Hall–Kier alpha value is -1.87. The zero-order valence-corrected chi connectivity index (χ0v) is 11.8. The van der Waals surface area contributed by atoms with Crippen molar-refractivity contribution in [3.05, 3.63) is 64.4 Å². The summed E-state index contributed by atoms with van der Waals surface area (Å²) in [4.78, 5) is 11.9. The minimum atomic E-state index is -0.650. The first-order chi connectivity index (χ1) is 9.61. The van der Waals surface area contributed by atoms with E-state index in [0.29, 0.717) is 5.56 Å². The molecule has 20 heavy (non-hydrogen) atoms.